The Bertz CT molecular complexity index is 866. The number of rotatable bonds is 7. The van der Waals surface area contributed by atoms with Crippen LogP contribution in [-0.2, 0) is 19.1 Å². The fraction of sp³-hybridized carbons (Fsp3) is 0.500. The zero-order valence-electron chi connectivity index (χ0n) is 17.1. The molecule has 0 bridgehead atoms. The van der Waals surface area contributed by atoms with Crippen molar-refractivity contribution in [3.05, 3.63) is 18.2 Å². The van der Waals surface area contributed by atoms with E-state index in [1.807, 2.05) is 0 Å². The van der Waals surface area contributed by atoms with Gasteiger partial charge in [-0.25, -0.2) is 4.79 Å². The van der Waals surface area contributed by atoms with Gasteiger partial charge in [0.05, 0.1) is 0 Å². The Hall–Kier alpha value is -3.30. The molecular weight excluding hydrogens is 394 g/mol. The molecule has 3 rings (SSSR count). The number of nitrogens with zero attached hydrogens (tertiary/aromatic N) is 1. The average molecular weight is 419 g/mol. The van der Waals surface area contributed by atoms with E-state index in [-0.39, 0.29) is 0 Å². The van der Waals surface area contributed by atoms with Gasteiger partial charge in [-0.05, 0) is 31.9 Å². The van der Waals surface area contributed by atoms with E-state index in [1.165, 1.54) is 6.92 Å². The first kappa shape index (κ1) is 21.4. The molecular formula is C20H25N3O7. The first-order valence-electron chi connectivity index (χ1n) is 9.83. The van der Waals surface area contributed by atoms with E-state index in [2.05, 4.69) is 10.6 Å². The SMILES string of the molecule is CCC1(CC)NC(=O)N(CC(=O)O[C@@H](C)C(=O)Nc2ccc3c(c2)OCCO3)C1=O. The van der Waals surface area contributed by atoms with Gasteiger partial charge in [0.25, 0.3) is 11.8 Å². The van der Waals surface area contributed by atoms with Gasteiger partial charge in [-0.2, -0.15) is 0 Å². The number of amides is 4. The Balaban J connectivity index is 1.56. The molecule has 1 aromatic carbocycles. The largest absolute Gasteiger partial charge is 0.486 e. The summed E-state index contributed by atoms with van der Waals surface area (Å²) in [6, 6.07) is 4.28. The van der Waals surface area contributed by atoms with Crippen LogP contribution in [0.2, 0.25) is 0 Å². The van der Waals surface area contributed by atoms with Gasteiger partial charge in [-0.3, -0.25) is 19.3 Å². The first-order chi connectivity index (χ1) is 14.3. The van der Waals surface area contributed by atoms with Crippen LogP contribution in [0, 0.1) is 0 Å². The second-order valence-electron chi connectivity index (χ2n) is 7.09. The van der Waals surface area contributed by atoms with Crippen molar-refractivity contribution in [3.8, 4) is 11.5 Å². The standard InChI is InChI=1S/C20H25N3O7/c1-4-20(5-2)18(26)23(19(27)22-20)11-16(24)30-12(3)17(25)21-13-6-7-14-15(10-13)29-9-8-28-14/h6-7,10,12H,4-5,8-9,11H2,1-3H3,(H,21,25)(H,22,27)/t12-/m0/s1. The maximum atomic E-state index is 12.5. The maximum Gasteiger partial charge on any atom is 0.327 e. The van der Waals surface area contributed by atoms with Crippen molar-refractivity contribution in [1.29, 1.82) is 0 Å². The van der Waals surface area contributed by atoms with Crippen LogP contribution >= 0.6 is 0 Å². The van der Waals surface area contributed by atoms with Gasteiger partial charge in [-0.1, -0.05) is 13.8 Å². The lowest BCUT2D eigenvalue weighted by atomic mass is 9.93. The third-order valence-electron chi connectivity index (χ3n) is 5.23. The number of benzene rings is 1. The highest BCUT2D eigenvalue weighted by Gasteiger charge is 2.49. The number of hydrogen-bond acceptors (Lipinski definition) is 7. The lowest BCUT2D eigenvalue weighted by Gasteiger charge is -2.23. The zero-order chi connectivity index (χ0) is 21.9. The summed E-state index contributed by atoms with van der Waals surface area (Å²) in [5.41, 5.74) is -0.546. The molecule has 0 aliphatic carbocycles. The number of anilines is 1. The van der Waals surface area contributed by atoms with E-state index in [4.69, 9.17) is 14.2 Å². The topological polar surface area (TPSA) is 123 Å². The van der Waals surface area contributed by atoms with Gasteiger partial charge in [0.1, 0.15) is 25.3 Å². The number of hydrogen-bond donors (Lipinski definition) is 2. The van der Waals surface area contributed by atoms with Crippen molar-refractivity contribution in [2.45, 2.75) is 45.3 Å². The molecule has 2 heterocycles. The number of carbonyl (C=O) groups is 4. The fourth-order valence-electron chi connectivity index (χ4n) is 3.33. The molecule has 2 aliphatic rings. The average Bonchev–Trinajstić information content (AvgIpc) is 2.98. The van der Waals surface area contributed by atoms with Gasteiger partial charge in [0, 0.05) is 11.8 Å². The van der Waals surface area contributed by atoms with Crippen molar-refractivity contribution >= 4 is 29.5 Å². The third kappa shape index (κ3) is 4.17. The van der Waals surface area contributed by atoms with E-state index >= 15 is 0 Å². The predicted molar refractivity (Wildman–Crippen MR) is 105 cm³/mol. The molecule has 10 heteroatoms. The molecule has 1 saturated heterocycles. The van der Waals surface area contributed by atoms with E-state index in [1.54, 1.807) is 32.0 Å². The molecule has 0 radical (unpaired) electrons. The Morgan fingerprint density at radius 3 is 2.50 bits per heavy atom. The summed E-state index contributed by atoms with van der Waals surface area (Å²) < 4.78 is 16.0. The molecule has 162 valence electrons. The van der Waals surface area contributed by atoms with Crippen LogP contribution in [0.15, 0.2) is 18.2 Å². The minimum atomic E-state index is -1.13. The zero-order valence-corrected chi connectivity index (χ0v) is 17.1. The van der Waals surface area contributed by atoms with Crippen LogP contribution in [0.3, 0.4) is 0 Å². The molecule has 1 atom stereocenters. The number of fused-ring (bicyclic) bond motifs is 1. The van der Waals surface area contributed by atoms with E-state index < -0.39 is 42.0 Å². The number of imide groups is 1. The minimum Gasteiger partial charge on any atom is -0.486 e. The molecule has 4 amide bonds. The summed E-state index contributed by atoms with van der Waals surface area (Å²) in [6.45, 7) is 5.29. The molecule has 10 nitrogen and oxygen atoms in total. The highest BCUT2D eigenvalue weighted by atomic mass is 16.6. The highest BCUT2D eigenvalue weighted by Crippen LogP contribution is 2.32. The van der Waals surface area contributed by atoms with Crippen molar-refractivity contribution in [2.24, 2.45) is 0 Å². The quantitative estimate of drug-likeness (QED) is 0.506. The van der Waals surface area contributed by atoms with Gasteiger partial charge < -0.3 is 24.8 Å². The van der Waals surface area contributed by atoms with Crippen LogP contribution in [-0.4, -0.2) is 60.1 Å². The fourth-order valence-corrected chi connectivity index (χ4v) is 3.33. The van der Waals surface area contributed by atoms with Crippen LogP contribution in [0.4, 0.5) is 10.5 Å². The number of esters is 1. The van der Waals surface area contributed by atoms with E-state index in [0.29, 0.717) is 43.2 Å². The molecule has 1 fully saturated rings. The monoisotopic (exact) mass is 419 g/mol. The number of ether oxygens (including phenoxy) is 3. The van der Waals surface area contributed by atoms with Gasteiger partial charge in [-0.15, -0.1) is 0 Å². The minimum absolute atomic E-state index is 0.411. The molecule has 2 aliphatic heterocycles. The number of carbonyl (C=O) groups excluding carboxylic acids is 4. The smallest absolute Gasteiger partial charge is 0.327 e. The van der Waals surface area contributed by atoms with E-state index in [0.717, 1.165) is 4.90 Å². The molecule has 2 N–H and O–H groups in total. The summed E-state index contributed by atoms with van der Waals surface area (Å²) in [4.78, 5) is 50.1. The molecule has 1 aromatic rings. The summed E-state index contributed by atoms with van der Waals surface area (Å²) in [7, 11) is 0. The summed E-state index contributed by atoms with van der Waals surface area (Å²) in [5, 5.41) is 5.26. The molecule has 0 unspecified atom stereocenters. The Kier molecular flexibility index (Phi) is 6.14. The summed E-state index contributed by atoms with van der Waals surface area (Å²) >= 11 is 0. The number of urea groups is 1. The van der Waals surface area contributed by atoms with E-state index in [9.17, 15) is 19.2 Å². The van der Waals surface area contributed by atoms with Crippen LogP contribution in [0.25, 0.3) is 0 Å². The lowest BCUT2D eigenvalue weighted by Crippen LogP contribution is -2.46. The van der Waals surface area contributed by atoms with Crippen molar-refractivity contribution in [3.63, 3.8) is 0 Å². The normalized spacial score (nSPS) is 17.9. The summed E-state index contributed by atoms with van der Waals surface area (Å²) in [5.74, 6) is -0.789. The van der Waals surface area contributed by atoms with Crippen molar-refractivity contribution < 1.29 is 33.4 Å². The predicted octanol–water partition coefficient (Wildman–Crippen LogP) is 1.44. The Labute approximate surface area is 173 Å². The van der Waals surface area contributed by atoms with Crippen LogP contribution in [0.1, 0.15) is 33.6 Å². The van der Waals surface area contributed by atoms with Crippen LogP contribution < -0.4 is 20.1 Å². The molecule has 0 spiro atoms. The van der Waals surface area contributed by atoms with Crippen LogP contribution in [0.5, 0.6) is 11.5 Å². The molecule has 0 aromatic heterocycles. The molecule has 30 heavy (non-hydrogen) atoms. The highest BCUT2D eigenvalue weighted by molar-refractivity contribution is 6.08. The first-order valence-corrected chi connectivity index (χ1v) is 9.83. The van der Waals surface area contributed by atoms with Crippen molar-refractivity contribution in [1.82, 2.24) is 10.2 Å². The Morgan fingerprint density at radius 2 is 1.87 bits per heavy atom. The van der Waals surface area contributed by atoms with Gasteiger partial charge in [0.15, 0.2) is 17.6 Å². The second kappa shape index (κ2) is 8.60. The third-order valence-corrected chi connectivity index (χ3v) is 5.23. The summed E-state index contributed by atoms with van der Waals surface area (Å²) in [6.07, 6.45) is -0.310. The maximum absolute atomic E-state index is 12.5. The van der Waals surface area contributed by atoms with Gasteiger partial charge in [0.2, 0.25) is 0 Å². The molecule has 0 saturated carbocycles. The van der Waals surface area contributed by atoms with Gasteiger partial charge >= 0.3 is 12.0 Å². The van der Waals surface area contributed by atoms with Crippen molar-refractivity contribution in [2.75, 3.05) is 25.1 Å². The Morgan fingerprint density at radius 1 is 1.20 bits per heavy atom. The lowest BCUT2D eigenvalue weighted by molar-refractivity contribution is -0.155. The number of nitrogens with one attached hydrogen (secondary N) is 2. The second-order valence-corrected chi connectivity index (χ2v) is 7.09.